The summed E-state index contributed by atoms with van der Waals surface area (Å²) in [6.45, 7) is 7.32. The fraction of sp³-hybridized carbons (Fsp3) is 0.941. The molecule has 1 heterocycles. The number of hydrogen-bond acceptors (Lipinski definition) is 5. The van der Waals surface area contributed by atoms with Crippen LogP contribution in [0, 0.1) is 5.41 Å². The van der Waals surface area contributed by atoms with Crippen LogP contribution in [-0.4, -0.2) is 63.0 Å². The molecule has 0 aromatic rings. The lowest BCUT2D eigenvalue weighted by Crippen LogP contribution is -2.40. The van der Waals surface area contributed by atoms with Crippen molar-refractivity contribution in [3.63, 3.8) is 0 Å². The van der Waals surface area contributed by atoms with Crippen molar-refractivity contribution in [1.29, 1.82) is 0 Å². The van der Waals surface area contributed by atoms with Crippen molar-refractivity contribution >= 4 is 12.2 Å². The Hall–Kier alpha value is -1.50. The van der Waals surface area contributed by atoms with Crippen molar-refractivity contribution in [3.8, 4) is 0 Å². The molecule has 0 atom stereocenters. The second kappa shape index (κ2) is 24.0. The lowest BCUT2D eigenvalue weighted by atomic mass is 9.75. The predicted molar refractivity (Wildman–Crippen MR) is 169 cm³/mol. The van der Waals surface area contributed by atoms with Crippen molar-refractivity contribution in [3.05, 3.63) is 0 Å². The number of amides is 2. The van der Waals surface area contributed by atoms with E-state index in [1.807, 2.05) is 0 Å². The van der Waals surface area contributed by atoms with Crippen LogP contribution in [0.25, 0.3) is 0 Å². The number of hydrogen-bond donors (Lipinski definition) is 2. The van der Waals surface area contributed by atoms with Crippen LogP contribution in [-0.2, 0) is 9.47 Å². The molecule has 41 heavy (non-hydrogen) atoms. The predicted octanol–water partition coefficient (Wildman–Crippen LogP) is 8.75. The van der Waals surface area contributed by atoms with Gasteiger partial charge in [-0.2, -0.15) is 0 Å². The fourth-order valence-corrected chi connectivity index (χ4v) is 6.36. The summed E-state index contributed by atoms with van der Waals surface area (Å²) in [5, 5.41) is 5.81. The minimum atomic E-state index is -0.359. The molecule has 0 bridgehead atoms. The Morgan fingerprint density at radius 2 is 1.02 bits per heavy atom. The first-order valence-electron chi connectivity index (χ1n) is 17.7. The zero-order valence-corrected chi connectivity index (χ0v) is 26.8. The second-order valence-corrected chi connectivity index (χ2v) is 12.9. The highest BCUT2D eigenvalue weighted by molar-refractivity contribution is 5.67. The largest absolute Gasteiger partial charge is 0.449 e. The number of rotatable bonds is 24. The molecule has 1 saturated heterocycles. The Bertz CT molecular complexity index is 648. The number of carbonyl (C=O) groups is 2. The number of carbonyl (C=O) groups excluding carboxylic acids is 2. The molecule has 0 aromatic carbocycles. The molecule has 2 fully saturated rings. The molecule has 2 rings (SSSR count). The first-order chi connectivity index (χ1) is 20.1. The lowest BCUT2D eigenvalue weighted by Gasteiger charge is -2.35. The van der Waals surface area contributed by atoms with Gasteiger partial charge in [-0.15, -0.1) is 0 Å². The van der Waals surface area contributed by atoms with Gasteiger partial charge in [0.2, 0.25) is 0 Å². The minimum Gasteiger partial charge on any atom is -0.449 e. The number of nitrogens with one attached hydrogen (secondary N) is 2. The summed E-state index contributed by atoms with van der Waals surface area (Å²) in [6, 6.07) is 0. The van der Waals surface area contributed by atoms with Crippen molar-refractivity contribution < 1.29 is 19.1 Å². The normalized spacial score (nSPS) is 16.9. The third kappa shape index (κ3) is 18.6. The SMILES string of the molecule is CCCCCCCCCCCCCCCCCCNC(=O)OCC1(COC(=O)NCCN2CCCC2)CCCCC1. The smallest absolute Gasteiger partial charge is 0.407 e. The molecule has 7 heteroatoms. The zero-order chi connectivity index (χ0) is 29.3. The van der Waals surface area contributed by atoms with Crippen molar-refractivity contribution in [2.45, 2.75) is 155 Å². The summed E-state index contributed by atoms with van der Waals surface area (Å²) in [5.74, 6) is 0. The van der Waals surface area contributed by atoms with Crippen LogP contribution >= 0.6 is 0 Å². The highest BCUT2D eigenvalue weighted by atomic mass is 16.6. The molecule has 2 N–H and O–H groups in total. The first kappa shape index (κ1) is 35.7. The van der Waals surface area contributed by atoms with E-state index in [2.05, 4.69) is 22.5 Å². The molecule has 0 spiro atoms. The Kier molecular flexibility index (Phi) is 20.9. The van der Waals surface area contributed by atoms with Gasteiger partial charge in [0.05, 0.1) is 0 Å². The van der Waals surface area contributed by atoms with E-state index in [0.29, 0.717) is 26.3 Å². The average Bonchev–Trinajstić information content (AvgIpc) is 3.51. The number of ether oxygens (including phenoxy) is 2. The maximum absolute atomic E-state index is 12.3. The maximum Gasteiger partial charge on any atom is 0.407 e. The van der Waals surface area contributed by atoms with E-state index >= 15 is 0 Å². The van der Waals surface area contributed by atoms with Gasteiger partial charge in [0.1, 0.15) is 13.2 Å². The summed E-state index contributed by atoms with van der Waals surface area (Å²) in [4.78, 5) is 27.0. The van der Waals surface area contributed by atoms with Gasteiger partial charge in [0.15, 0.2) is 0 Å². The van der Waals surface area contributed by atoms with Crippen LogP contribution in [0.5, 0.6) is 0 Å². The van der Waals surface area contributed by atoms with Gasteiger partial charge in [0, 0.05) is 25.0 Å². The molecule has 2 amide bonds. The maximum atomic E-state index is 12.3. The van der Waals surface area contributed by atoms with Gasteiger partial charge in [-0.3, -0.25) is 0 Å². The second-order valence-electron chi connectivity index (χ2n) is 12.9. The Morgan fingerprint density at radius 1 is 0.585 bits per heavy atom. The summed E-state index contributed by atoms with van der Waals surface area (Å²) >= 11 is 0. The highest BCUT2D eigenvalue weighted by Crippen LogP contribution is 2.37. The van der Waals surface area contributed by atoms with Crippen molar-refractivity contribution in [1.82, 2.24) is 15.5 Å². The van der Waals surface area contributed by atoms with Gasteiger partial charge >= 0.3 is 12.2 Å². The number of nitrogens with zero attached hydrogens (tertiary/aromatic N) is 1. The van der Waals surface area contributed by atoms with Crippen LogP contribution in [0.1, 0.15) is 155 Å². The number of likely N-dealkylation sites (tertiary alicyclic amines) is 1. The Morgan fingerprint density at radius 3 is 1.51 bits per heavy atom. The van der Waals surface area contributed by atoms with Crippen LogP contribution < -0.4 is 10.6 Å². The zero-order valence-electron chi connectivity index (χ0n) is 26.8. The Balaban J connectivity index is 1.41. The van der Waals surface area contributed by atoms with Gasteiger partial charge in [-0.25, -0.2) is 9.59 Å². The minimum absolute atomic E-state index is 0.254. The van der Waals surface area contributed by atoms with E-state index < -0.39 is 0 Å². The third-order valence-electron chi connectivity index (χ3n) is 9.13. The lowest BCUT2D eigenvalue weighted by molar-refractivity contribution is 0.00305. The van der Waals surface area contributed by atoms with Crippen molar-refractivity contribution in [2.24, 2.45) is 5.41 Å². The average molecular weight is 580 g/mol. The molecule has 240 valence electrons. The van der Waals surface area contributed by atoms with Crippen LogP contribution in [0.15, 0.2) is 0 Å². The third-order valence-corrected chi connectivity index (χ3v) is 9.13. The molecule has 1 aliphatic carbocycles. The number of alkyl carbamates (subject to hydrolysis) is 2. The highest BCUT2D eigenvalue weighted by Gasteiger charge is 2.35. The molecule has 1 saturated carbocycles. The summed E-state index contributed by atoms with van der Waals surface area (Å²) in [7, 11) is 0. The summed E-state index contributed by atoms with van der Waals surface area (Å²) in [5.41, 5.74) is -0.254. The molecule has 0 aromatic heterocycles. The summed E-state index contributed by atoms with van der Waals surface area (Å²) < 4.78 is 11.2. The van der Waals surface area contributed by atoms with E-state index in [4.69, 9.17) is 9.47 Å². The molecule has 2 aliphatic rings. The van der Waals surface area contributed by atoms with Crippen molar-refractivity contribution in [2.75, 3.05) is 45.9 Å². The van der Waals surface area contributed by atoms with E-state index in [9.17, 15) is 9.59 Å². The fourth-order valence-electron chi connectivity index (χ4n) is 6.36. The topological polar surface area (TPSA) is 79.9 Å². The molecular formula is C34H65N3O4. The van der Waals surface area contributed by atoms with E-state index in [0.717, 1.165) is 58.2 Å². The van der Waals surface area contributed by atoms with Crippen LogP contribution in [0.2, 0.25) is 0 Å². The molecule has 0 unspecified atom stereocenters. The molecule has 0 radical (unpaired) electrons. The van der Waals surface area contributed by atoms with Gasteiger partial charge in [0.25, 0.3) is 0 Å². The van der Waals surface area contributed by atoms with Crippen LogP contribution in [0.4, 0.5) is 9.59 Å². The van der Waals surface area contributed by atoms with Gasteiger partial charge in [-0.05, 0) is 45.2 Å². The van der Waals surface area contributed by atoms with E-state index in [-0.39, 0.29) is 17.6 Å². The van der Waals surface area contributed by atoms with E-state index in [1.54, 1.807) is 0 Å². The van der Waals surface area contributed by atoms with Gasteiger partial charge in [-0.1, -0.05) is 122 Å². The number of unbranched alkanes of at least 4 members (excludes halogenated alkanes) is 15. The Labute approximate surface area is 252 Å². The first-order valence-corrected chi connectivity index (χ1v) is 17.7. The molecular weight excluding hydrogens is 514 g/mol. The van der Waals surface area contributed by atoms with Crippen LogP contribution in [0.3, 0.4) is 0 Å². The standard InChI is InChI=1S/C34H65N3O4/c1-2-3-4-5-6-7-8-9-10-11-12-13-14-15-16-20-25-35-32(38)40-30-34(23-18-17-19-24-34)31-41-33(39)36-26-29-37-27-21-22-28-37/h2-31H2,1H3,(H,35,38)(H,36,39). The molecule has 7 nitrogen and oxygen atoms in total. The van der Waals surface area contributed by atoms with E-state index in [1.165, 1.54) is 109 Å². The summed E-state index contributed by atoms with van der Waals surface area (Å²) in [6.07, 6.45) is 28.5. The molecule has 1 aliphatic heterocycles. The monoisotopic (exact) mass is 579 g/mol. The van der Waals surface area contributed by atoms with Gasteiger partial charge < -0.3 is 25.0 Å². The quantitative estimate of drug-likeness (QED) is 0.112.